The van der Waals surface area contributed by atoms with E-state index >= 15 is 0 Å². The van der Waals surface area contributed by atoms with Gasteiger partial charge in [0, 0.05) is 24.7 Å². The number of rotatable bonds is 1. The summed E-state index contributed by atoms with van der Waals surface area (Å²) in [6, 6.07) is 10.1. The lowest BCUT2D eigenvalue weighted by molar-refractivity contribution is 0.545. The highest BCUT2D eigenvalue weighted by Crippen LogP contribution is 2.22. The van der Waals surface area contributed by atoms with Gasteiger partial charge in [-0.15, -0.1) is 10.2 Å². The summed E-state index contributed by atoms with van der Waals surface area (Å²) in [4.78, 5) is 0. The van der Waals surface area contributed by atoms with Crippen molar-refractivity contribution in [3.8, 4) is 11.4 Å². The highest BCUT2D eigenvalue weighted by atomic mass is 15.4. The van der Waals surface area contributed by atoms with E-state index in [0.717, 1.165) is 30.4 Å². The summed E-state index contributed by atoms with van der Waals surface area (Å²) in [5, 5.41) is 11.5. The van der Waals surface area contributed by atoms with Crippen molar-refractivity contribution in [3.63, 3.8) is 0 Å². The molecule has 1 aromatic heterocycles. The number of nitrogens with two attached hydrogens (primary N) is 1. The molecule has 1 aromatic carbocycles. The first-order chi connectivity index (χ1) is 7.84. The first-order valence-electron chi connectivity index (χ1n) is 5.32. The molecule has 3 rings (SSSR count). The largest absolute Gasteiger partial charge is 0.353 e. The van der Waals surface area contributed by atoms with E-state index in [0.29, 0.717) is 0 Å². The van der Waals surface area contributed by atoms with E-state index in [2.05, 4.69) is 15.5 Å². The molecule has 82 valence electrons. The van der Waals surface area contributed by atoms with Crippen LogP contribution >= 0.6 is 0 Å². The molecular weight excluding hydrogens is 202 g/mol. The number of hydrogen-bond donors (Lipinski definition) is 2. The molecule has 1 aliphatic rings. The fourth-order valence-electron chi connectivity index (χ4n) is 1.93. The molecule has 0 spiro atoms. The smallest absolute Gasteiger partial charge is 0.225 e. The van der Waals surface area contributed by atoms with Gasteiger partial charge in [-0.2, -0.15) is 0 Å². The summed E-state index contributed by atoms with van der Waals surface area (Å²) in [5.41, 5.74) is 6.98. The summed E-state index contributed by atoms with van der Waals surface area (Å²) < 4.78 is 2.03. The summed E-state index contributed by atoms with van der Waals surface area (Å²) in [6.45, 7) is 1.52. The van der Waals surface area contributed by atoms with Crippen LogP contribution in [0, 0.1) is 0 Å². The molecule has 0 bridgehead atoms. The maximum atomic E-state index is 5.92. The Hall–Kier alpha value is -1.88. The van der Waals surface area contributed by atoms with E-state index in [1.165, 1.54) is 0 Å². The van der Waals surface area contributed by atoms with Crippen LogP contribution in [0.3, 0.4) is 0 Å². The SMILES string of the molecule is NC1CNc2nnc(-c3ccccc3)n2C1. The Morgan fingerprint density at radius 1 is 1.25 bits per heavy atom. The van der Waals surface area contributed by atoms with Crippen molar-refractivity contribution in [2.75, 3.05) is 11.9 Å². The Bertz CT molecular complexity index is 490. The summed E-state index contributed by atoms with van der Waals surface area (Å²) >= 11 is 0. The molecule has 0 saturated heterocycles. The third-order valence-electron chi connectivity index (χ3n) is 2.72. The maximum absolute atomic E-state index is 5.92. The minimum atomic E-state index is 0.117. The Labute approximate surface area is 93.3 Å². The summed E-state index contributed by atoms with van der Waals surface area (Å²) in [7, 11) is 0. The number of benzene rings is 1. The molecule has 3 N–H and O–H groups in total. The monoisotopic (exact) mass is 215 g/mol. The lowest BCUT2D eigenvalue weighted by atomic mass is 10.2. The van der Waals surface area contributed by atoms with Crippen LogP contribution in [0.25, 0.3) is 11.4 Å². The average Bonchev–Trinajstić information content (AvgIpc) is 2.73. The second kappa shape index (κ2) is 3.61. The van der Waals surface area contributed by atoms with E-state index < -0.39 is 0 Å². The van der Waals surface area contributed by atoms with E-state index in [1.54, 1.807) is 0 Å². The molecule has 16 heavy (non-hydrogen) atoms. The molecule has 5 nitrogen and oxygen atoms in total. The Kier molecular flexibility index (Phi) is 2.11. The standard InChI is InChI=1S/C11H13N5/c12-9-6-13-11-15-14-10(16(11)7-9)8-4-2-1-3-5-8/h1-5,9H,6-7,12H2,(H,13,15). The molecule has 0 saturated carbocycles. The topological polar surface area (TPSA) is 68.8 Å². The number of aromatic nitrogens is 3. The first kappa shape index (κ1) is 9.35. The molecule has 1 atom stereocenters. The molecule has 2 aromatic rings. The van der Waals surface area contributed by atoms with Crippen molar-refractivity contribution in [2.24, 2.45) is 5.73 Å². The van der Waals surface area contributed by atoms with Crippen LogP contribution in [0.2, 0.25) is 0 Å². The zero-order valence-corrected chi connectivity index (χ0v) is 8.80. The number of anilines is 1. The fraction of sp³-hybridized carbons (Fsp3) is 0.273. The zero-order chi connectivity index (χ0) is 11.0. The maximum Gasteiger partial charge on any atom is 0.225 e. The van der Waals surface area contributed by atoms with Crippen LogP contribution in [-0.4, -0.2) is 27.4 Å². The van der Waals surface area contributed by atoms with Crippen LogP contribution in [0.15, 0.2) is 30.3 Å². The van der Waals surface area contributed by atoms with Gasteiger partial charge in [-0.05, 0) is 0 Å². The molecule has 1 aliphatic heterocycles. The second-order valence-electron chi connectivity index (χ2n) is 3.96. The summed E-state index contributed by atoms with van der Waals surface area (Å²) in [5.74, 6) is 1.68. The number of nitrogens with one attached hydrogen (secondary N) is 1. The molecule has 2 heterocycles. The van der Waals surface area contributed by atoms with Gasteiger partial charge in [0.25, 0.3) is 0 Å². The molecular formula is C11H13N5. The van der Waals surface area contributed by atoms with E-state index in [9.17, 15) is 0 Å². The molecule has 0 amide bonds. The van der Waals surface area contributed by atoms with Crippen molar-refractivity contribution in [3.05, 3.63) is 30.3 Å². The van der Waals surface area contributed by atoms with Gasteiger partial charge in [0.15, 0.2) is 5.82 Å². The third kappa shape index (κ3) is 1.45. The Morgan fingerprint density at radius 3 is 2.88 bits per heavy atom. The third-order valence-corrected chi connectivity index (χ3v) is 2.72. The Morgan fingerprint density at radius 2 is 2.06 bits per heavy atom. The van der Waals surface area contributed by atoms with Gasteiger partial charge >= 0.3 is 0 Å². The molecule has 0 radical (unpaired) electrons. The average molecular weight is 215 g/mol. The quantitative estimate of drug-likeness (QED) is 0.734. The van der Waals surface area contributed by atoms with Gasteiger partial charge in [-0.25, -0.2) is 0 Å². The van der Waals surface area contributed by atoms with E-state index in [-0.39, 0.29) is 6.04 Å². The predicted octanol–water partition coefficient (Wildman–Crippen LogP) is 0.698. The number of nitrogens with zero attached hydrogens (tertiary/aromatic N) is 3. The molecule has 1 unspecified atom stereocenters. The van der Waals surface area contributed by atoms with Crippen molar-refractivity contribution >= 4 is 5.95 Å². The summed E-state index contributed by atoms with van der Waals surface area (Å²) in [6.07, 6.45) is 0. The van der Waals surface area contributed by atoms with Gasteiger partial charge in [0.1, 0.15) is 0 Å². The van der Waals surface area contributed by atoms with Crippen molar-refractivity contribution < 1.29 is 0 Å². The van der Waals surface area contributed by atoms with Crippen molar-refractivity contribution in [1.82, 2.24) is 14.8 Å². The molecule has 5 heteroatoms. The Balaban J connectivity index is 2.07. The van der Waals surface area contributed by atoms with E-state index in [1.807, 2.05) is 34.9 Å². The lowest BCUT2D eigenvalue weighted by Crippen LogP contribution is -2.38. The van der Waals surface area contributed by atoms with Gasteiger partial charge in [0.05, 0.1) is 0 Å². The van der Waals surface area contributed by atoms with Crippen LogP contribution in [-0.2, 0) is 6.54 Å². The minimum absolute atomic E-state index is 0.117. The zero-order valence-electron chi connectivity index (χ0n) is 8.80. The molecule has 0 aliphatic carbocycles. The van der Waals surface area contributed by atoms with Crippen LogP contribution < -0.4 is 11.1 Å². The molecule has 0 fully saturated rings. The van der Waals surface area contributed by atoms with Crippen molar-refractivity contribution in [2.45, 2.75) is 12.6 Å². The minimum Gasteiger partial charge on any atom is -0.353 e. The number of fused-ring (bicyclic) bond motifs is 1. The second-order valence-corrected chi connectivity index (χ2v) is 3.96. The predicted molar refractivity (Wildman–Crippen MR) is 61.9 cm³/mol. The van der Waals surface area contributed by atoms with Gasteiger partial charge < -0.3 is 11.1 Å². The van der Waals surface area contributed by atoms with Gasteiger partial charge in [-0.1, -0.05) is 30.3 Å². The van der Waals surface area contributed by atoms with E-state index in [4.69, 9.17) is 5.73 Å². The van der Waals surface area contributed by atoms with Crippen LogP contribution in [0.1, 0.15) is 0 Å². The fourth-order valence-corrected chi connectivity index (χ4v) is 1.93. The highest BCUT2D eigenvalue weighted by molar-refractivity contribution is 5.57. The van der Waals surface area contributed by atoms with Gasteiger partial charge in [-0.3, -0.25) is 4.57 Å². The highest BCUT2D eigenvalue weighted by Gasteiger charge is 2.20. The van der Waals surface area contributed by atoms with Crippen molar-refractivity contribution in [1.29, 1.82) is 0 Å². The first-order valence-corrected chi connectivity index (χ1v) is 5.32. The van der Waals surface area contributed by atoms with Crippen LogP contribution in [0.5, 0.6) is 0 Å². The van der Waals surface area contributed by atoms with Gasteiger partial charge in [0.2, 0.25) is 5.95 Å². The number of hydrogen-bond acceptors (Lipinski definition) is 4. The van der Waals surface area contributed by atoms with Crippen LogP contribution in [0.4, 0.5) is 5.95 Å². The normalized spacial score (nSPS) is 18.9. The lowest BCUT2D eigenvalue weighted by Gasteiger charge is -2.22.